The van der Waals surface area contributed by atoms with E-state index in [4.69, 9.17) is 17.3 Å². The van der Waals surface area contributed by atoms with Crippen LogP contribution in [-0.2, 0) is 16.0 Å². The van der Waals surface area contributed by atoms with Crippen LogP contribution in [0, 0.1) is 0 Å². The summed E-state index contributed by atoms with van der Waals surface area (Å²) >= 11 is 6.55. The van der Waals surface area contributed by atoms with Gasteiger partial charge in [0.2, 0.25) is 0 Å². The third-order valence-corrected chi connectivity index (χ3v) is 4.63. The monoisotopic (exact) mass is 356 g/mol. The van der Waals surface area contributed by atoms with Crippen LogP contribution in [0.3, 0.4) is 0 Å². The number of hydrogen-bond acceptors (Lipinski definition) is 5. The second-order valence-electron chi connectivity index (χ2n) is 5.04. The molecule has 0 aliphatic carbocycles. The van der Waals surface area contributed by atoms with Gasteiger partial charge in [0.25, 0.3) is 5.91 Å². The molecule has 1 aromatic carbocycles. The molecule has 0 unspecified atom stereocenters. The van der Waals surface area contributed by atoms with Gasteiger partial charge in [0.1, 0.15) is 0 Å². The second-order valence-corrected chi connectivity index (χ2v) is 6.72. The highest BCUT2D eigenvalue weighted by atomic mass is 32.2. The Morgan fingerprint density at radius 1 is 1.29 bits per heavy atom. The molecule has 1 aliphatic heterocycles. The van der Waals surface area contributed by atoms with E-state index in [0.717, 1.165) is 5.56 Å². The van der Waals surface area contributed by atoms with E-state index in [2.05, 4.69) is 4.98 Å². The number of amides is 1. The van der Waals surface area contributed by atoms with Gasteiger partial charge in [-0.05, 0) is 35.4 Å². The average Bonchev–Trinajstić information content (AvgIpc) is 2.83. The van der Waals surface area contributed by atoms with E-state index >= 15 is 0 Å². The van der Waals surface area contributed by atoms with Gasteiger partial charge in [0, 0.05) is 12.4 Å². The summed E-state index contributed by atoms with van der Waals surface area (Å²) in [5.41, 5.74) is 2.12. The first-order valence-corrected chi connectivity index (χ1v) is 8.26. The highest BCUT2D eigenvalue weighted by molar-refractivity contribution is 8.27. The number of hydrogen-bond donors (Lipinski definition) is 1. The van der Waals surface area contributed by atoms with Crippen molar-refractivity contribution in [3.05, 3.63) is 64.8 Å². The fraction of sp³-hybridized carbons (Fsp3) is 0.0588. The van der Waals surface area contributed by atoms with Crippen molar-refractivity contribution in [2.45, 2.75) is 6.42 Å². The third kappa shape index (κ3) is 3.52. The van der Waals surface area contributed by atoms with Gasteiger partial charge in [-0.3, -0.25) is 19.5 Å². The lowest BCUT2D eigenvalue weighted by atomic mass is 10.1. The molecule has 1 saturated heterocycles. The van der Waals surface area contributed by atoms with Crippen molar-refractivity contribution in [2.75, 3.05) is 4.90 Å². The van der Waals surface area contributed by atoms with Crippen molar-refractivity contribution in [3.63, 3.8) is 0 Å². The van der Waals surface area contributed by atoms with E-state index in [1.54, 1.807) is 48.8 Å². The van der Waals surface area contributed by atoms with Crippen molar-refractivity contribution in [3.8, 4) is 0 Å². The molecule has 24 heavy (non-hydrogen) atoms. The molecule has 2 aromatic rings. The fourth-order valence-electron chi connectivity index (χ4n) is 2.24. The molecule has 0 bridgehead atoms. The van der Waals surface area contributed by atoms with Crippen LogP contribution < -0.4 is 4.90 Å². The fourth-order valence-corrected chi connectivity index (χ4v) is 3.54. The number of carboxylic acids is 1. The molecular formula is C17H12N2O3S2. The molecule has 1 amide bonds. The number of rotatable bonds is 4. The van der Waals surface area contributed by atoms with Crippen LogP contribution >= 0.6 is 24.0 Å². The summed E-state index contributed by atoms with van der Waals surface area (Å²) in [6.45, 7) is 0. The van der Waals surface area contributed by atoms with Gasteiger partial charge in [-0.2, -0.15) is 0 Å². The van der Waals surface area contributed by atoms with Crippen molar-refractivity contribution in [1.82, 2.24) is 4.98 Å². The summed E-state index contributed by atoms with van der Waals surface area (Å²) in [6, 6.07) is 10.4. The maximum Gasteiger partial charge on any atom is 0.307 e. The van der Waals surface area contributed by atoms with Crippen LogP contribution in [0.4, 0.5) is 5.69 Å². The van der Waals surface area contributed by atoms with Crippen molar-refractivity contribution >= 4 is 51.9 Å². The lowest BCUT2D eigenvalue weighted by Gasteiger charge is -2.14. The molecule has 2 heterocycles. The van der Waals surface area contributed by atoms with E-state index < -0.39 is 5.97 Å². The predicted molar refractivity (Wildman–Crippen MR) is 97.7 cm³/mol. The van der Waals surface area contributed by atoms with Gasteiger partial charge in [-0.25, -0.2) is 0 Å². The number of benzene rings is 1. The SMILES string of the molecule is O=C(O)Cc1ccc(N2C(=O)C(=Cc3cccnc3)SC2=S)cc1. The summed E-state index contributed by atoms with van der Waals surface area (Å²) in [5.74, 6) is -1.09. The van der Waals surface area contributed by atoms with Gasteiger partial charge in [-0.1, -0.05) is 42.2 Å². The Hall–Kier alpha value is -2.51. The first kappa shape index (κ1) is 16.4. The summed E-state index contributed by atoms with van der Waals surface area (Å²) in [5, 5.41) is 8.81. The van der Waals surface area contributed by atoms with Gasteiger partial charge >= 0.3 is 5.97 Å². The zero-order valence-electron chi connectivity index (χ0n) is 12.4. The number of aromatic nitrogens is 1. The second kappa shape index (κ2) is 6.94. The minimum absolute atomic E-state index is 0.0560. The minimum Gasteiger partial charge on any atom is -0.481 e. The number of carbonyl (C=O) groups is 2. The summed E-state index contributed by atoms with van der Waals surface area (Å²) in [7, 11) is 0. The van der Waals surface area contributed by atoms with E-state index in [0.29, 0.717) is 20.5 Å². The third-order valence-electron chi connectivity index (χ3n) is 3.33. The first-order chi connectivity index (χ1) is 11.5. The van der Waals surface area contributed by atoms with Crippen molar-refractivity contribution in [2.24, 2.45) is 0 Å². The number of aliphatic carboxylic acids is 1. The van der Waals surface area contributed by atoms with Crippen molar-refractivity contribution < 1.29 is 14.7 Å². The van der Waals surface area contributed by atoms with E-state index in [-0.39, 0.29) is 12.3 Å². The van der Waals surface area contributed by atoms with Crippen LogP contribution in [0.1, 0.15) is 11.1 Å². The molecular weight excluding hydrogens is 344 g/mol. The standard InChI is InChI=1S/C17H12N2O3S2/c20-15(21)9-11-3-5-13(6-4-11)19-16(22)14(24-17(19)23)8-12-2-1-7-18-10-12/h1-8,10H,9H2,(H,20,21). The van der Waals surface area contributed by atoms with Gasteiger partial charge < -0.3 is 5.11 Å². The quantitative estimate of drug-likeness (QED) is 0.670. The number of carbonyl (C=O) groups excluding carboxylic acids is 1. The largest absolute Gasteiger partial charge is 0.481 e. The normalized spacial score (nSPS) is 16.0. The summed E-state index contributed by atoms with van der Waals surface area (Å²) < 4.78 is 0.445. The maximum atomic E-state index is 12.6. The Morgan fingerprint density at radius 2 is 2.04 bits per heavy atom. The Labute approximate surface area is 148 Å². The molecule has 0 atom stereocenters. The zero-order chi connectivity index (χ0) is 17.1. The van der Waals surface area contributed by atoms with Crippen LogP contribution in [-0.4, -0.2) is 26.3 Å². The lowest BCUT2D eigenvalue weighted by Crippen LogP contribution is -2.27. The highest BCUT2D eigenvalue weighted by Gasteiger charge is 2.33. The molecule has 1 fully saturated rings. The number of thiocarbonyl (C=S) groups is 1. The molecule has 1 N–H and O–H groups in total. The average molecular weight is 356 g/mol. The maximum absolute atomic E-state index is 12.6. The van der Waals surface area contributed by atoms with Crippen molar-refractivity contribution in [1.29, 1.82) is 0 Å². The minimum atomic E-state index is -0.896. The first-order valence-electron chi connectivity index (χ1n) is 7.03. The summed E-state index contributed by atoms with van der Waals surface area (Å²) in [6.07, 6.45) is 5.04. The number of nitrogens with zero attached hydrogens (tertiary/aromatic N) is 2. The number of thioether (sulfide) groups is 1. The highest BCUT2D eigenvalue weighted by Crippen LogP contribution is 2.35. The van der Waals surface area contributed by atoms with E-state index in [1.165, 1.54) is 16.7 Å². The Kier molecular flexibility index (Phi) is 4.73. The number of carboxylic acid groups (broad SMARTS) is 1. The predicted octanol–water partition coefficient (Wildman–Crippen LogP) is 3.11. The molecule has 5 nitrogen and oxygen atoms in total. The molecule has 1 aliphatic rings. The molecule has 3 rings (SSSR count). The van der Waals surface area contributed by atoms with Crippen LogP contribution in [0.25, 0.3) is 6.08 Å². The van der Waals surface area contributed by atoms with Crippen LogP contribution in [0.15, 0.2) is 53.7 Å². The van der Waals surface area contributed by atoms with Gasteiger partial charge in [0.05, 0.1) is 17.0 Å². The zero-order valence-corrected chi connectivity index (χ0v) is 14.0. The Balaban J connectivity index is 1.84. The van der Waals surface area contributed by atoms with E-state index in [9.17, 15) is 9.59 Å². The van der Waals surface area contributed by atoms with Gasteiger partial charge in [0.15, 0.2) is 4.32 Å². The van der Waals surface area contributed by atoms with E-state index in [1.807, 2.05) is 6.07 Å². The Bertz CT molecular complexity index is 833. The Morgan fingerprint density at radius 3 is 2.67 bits per heavy atom. The summed E-state index contributed by atoms with van der Waals surface area (Å²) in [4.78, 5) is 29.4. The number of pyridine rings is 1. The lowest BCUT2D eigenvalue weighted by molar-refractivity contribution is -0.136. The molecule has 0 radical (unpaired) electrons. The van der Waals surface area contributed by atoms with Crippen LogP contribution in [0.2, 0.25) is 0 Å². The topological polar surface area (TPSA) is 70.5 Å². The van der Waals surface area contributed by atoms with Crippen LogP contribution in [0.5, 0.6) is 0 Å². The molecule has 120 valence electrons. The smallest absolute Gasteiger partial charge is 0.307 e. The number of anilines is 1. The molecule has 0 spiro atoms. The molecule has 1 aromatic heterocycles. The van der Waals surface area contributed by atoms with Gasteiger partial charge in [-0.15, -0.1) is 0 Å². The molecule has 0 saturated carbocycles. The molecule has 7 heteroatoms.